The van der Waals surface area contributed by atoms with Crippen molar-refractivity contribution in [2.75, 3.05) is 24.3 Å². The summed E-state index contributed by atoms with van der Waals surface area (Å²) in [6, 6.07) is 14.0. The van der Waals surface area contributed by atoms with Crippen LogP contribution in [0.5, 0.6) is 5.75 Å². The number of aryl methyl sites for hydroxylation is 4. The quantitative estimate of drug-likeness (QED) is 0.164. The number of fused-ring (bicyclic) bond motifs is 1. The molecule has 2 aromatic carbocycles. The summed E-state index contributed by atoms with van der Waals surface area (Å²) in [6.45, 7) is 8.54. The number of anilines is 2. The van der Waals surface area contributed by atoms with Gasteiger partial charge in [0, 0.05) is 40.7 Å². The van der Waals surface area contributed by atoms with E-state index in [4.69, 9.17) is 21.9 Å². The molecule has 0 saturated carbocycles. The number of hydrogen-bond donors (Lipinski definition) is 4. The van der Waals surface area contributed by atoms with E-state index in [1.54, 1.807) is 7.11 Å². The van der Waals surface area contributed by atoms with Crippen molar-refractivity contribution < 1.29 is 4.74 Å². The van der Waals surface area contributed by atoms with Crippen LogP contribution in [0, 0.1) is 27.7 Å². The molecule has 2 aromatic heterocycles. The van der Waals surface area contributed by atoms with Gasteiger partial charge in [0.05, 0.1) is 7.11 Å². The van der Waals surface area contributed by atoms with Crippen LogP contribution >= 0.6 is 12.2 Å². The molecule has 2 heterocycles. The molecular weight excluding hydrogens is 470 g/mol. The number of nitrogens with one attached hydrogen (secondary N) is 4. The molecule has 8 nitrogen and oxygen atoms in total. The van der Waals surface area contributed by atoms with Gasteiger partial charge in [-0.15, -0.1) is 0 Å². The monoisotopic (exact) mass is 501 g/mol. The molecule has 0 unspecified atom stereocenters. The summed E-state index contributed by atoms with van der Waals surface area (Å²) >= 11 is 5.57. The third kappa shape index (κ3) is 6.37. The Morgan fingerprint density at radius 3 is 2.47 bits per heavy atom. The Morgan fingerprint density at radius 2 is 1.75 bits per heavy atom. The first-order chi connectivity index (χ1) is 17.3. The van der Waals surface area contributed by atoms with Crippen LogP contribution in [0.3, 0.4) is 0 Å². The zero-order valence-corrected chi connectivity index (χ0v) is 22.0. The van der Waals surface area contributed by atoms with Gasteiger partial charge in [-0.25, -0.2) is 9.97 Å². The number of hydrogen-bond acceptors (Lipinski definition) is 5. The molecular formula is C27H31N7OS. The van der Waals surface area contributed by atoms with E-state index in [0.29, 0.717) is 23.6 Å². The molecule has 0 spiro atoms. The van der Waals surface area contributed by atoms with E-state index in [1.165, 1.54) is 11.1 Å². The SMILES string of the molecule is COc1ccc2[nH]cc(CCN=C(NC(=S)Nc3ccc(C)c(C)c3)Nc3nc(C)cc(C)n3)c2c1. The fraction of sp³-hybridized carbons (Fsp3) is 0.259. The summed E-state index contributed by atoms with van der Waals surface area (Å²) in [5.74, 6) is 1.76. The standard InChI is InChI=1S/C27H31N7OS/c1-16-6-7-21(12-17(16)2)32-27(36)34-25(33-26-30-18(3)13-19(4)31-26)28-11-10-20-15-29-24-9-8-22(35-5)14-23(20)24/h6-9,12-15,29H,10-11H2,1-5H3,(H3,28,30,31,32,33,34,36). The van der Waals surface area contributed by atoms with Gasteiger partial charge in [-0.05, 0) is 99.4 Å². The zero-order chi connectivity index (χ0) is 25.7. The average molecular weight is 502 g/mol. The van der Waals surface area contributed by atoms with Gasteiger partial charge < -0.3 is 20.4 Å². The Balaban J connectivity index is 1.51. The second kappa shape index (κ2) is 11.2. The molecule has 0 aliphatic rings. The molecule has 0 fully saturated rings. The highest BCUT2D eigenvalue weighted by Crippen LogP contribution is 2.24. The van der Waals surface area contributed by atoms with Crippen LogP contribution in [0.25, 0.3) is 10.9 Å². The van der Waals surface area contributed by atoms with Gasteiger partial charge in [-0.1, -0.05) is 6.07 Å². The summed E-state index contributed by atoms with van der Waals surface area (Å²) in [5.41, 5.74) is 7.28. The minimum atomic E-state index is 0.422. The number of guanidine groups is 1. The van der Waals surface area contributed by atoms with E-state index >= 15 is 0 Å². The molecule has 4 rings (SSSR count). The number of aromatic nitrogens is 3. The van der Waals surface area contributed by atoms with E-state index in [-0.39, 0.29) is 0 Å². The first-order valence-electron chi connectivity index (χ1n) is 11.7. The maximum atomic E-state index is 5.57. The molecule has 186 valence electrons. The molecule has 9 heteroatoms. The van der Waals surface area contributed by atoms with Crippen LogP contribution in [-0.4, -0.2) is 39.7 Å². The molecule has 4 aromatic rings. The smallest absolute Gasteiger partial charge is 0.229 e. The lowest BCUT2D eigenvalue weighted by Gasteiger charge is -2.15. The zero-order valence-electron chi connectivity index (χ0n) is 21.2. The number of methoxy groups -OCH3 is 1. The summed E-state index contributed by atoms with van der Waals surface area (Å²) in [7, 11) is 1.67. The highest BCUT2D eigenvalue weighted by molar-refractivity contribution is 7.80. The highest BCUT2D eigenvalue weighted by Gasteiger charge is 2.09. The molecule has 0 aliphatic heterocycles. The van der Waals surface area contributed by atoms with Crippen LogP contribution in [0.2, 0.25) is 0 Å². The number of benzene rings is 2. The predicted octanol–water partition coefficient (Wildman–Crippen LogP) is 5.20. The second-order valence-corrected chi connectivity index (χ2v) is 9.09. The van der Waals surface area contributed by atoms with Crippen molar-refractivity contribution >= 4 is 45.8 Å². The van der Waals surface area contributed by atoms with Gasteiger partial charge >= 0.3 is 0 Å². The number of aliphatic imine (C=N–C) groups is 1. The molecule has 4 N–H and O–H groups in total. The number of H-pyrrole nitrogens is 1. The Kier molecular flexibility index (Phi) is 7.80. The van der Waals surface area contributed by atoms with Crippen molar-refractivity contribution in [1.82, 2.24) is 20.3 Å². The summed E-state index contributed by atoms with van der Waals surface area (Å²) in [6.07, 6.45) is 2.74. The van der Waals surface area contributed by atoms with Crippen molar-refractivity contribution in [2.24, 2.45) is 4.99 Å². The predicted molar refractivity (Wildman–Crippen MR) is 151 cm³/mol. The molecule has 0 bridgehead atoms. The molecule has 0 amide bonds. The van der Waals surface area contributed by atoms with Gasteiger partial charge in [0.2, 0.25) is 11.9 Å². The largest absolute Gasteiger partial charge is 0.497 e. The Hall–Kier alpha value is -3.98. The topological polar surface area (TPSA) is 99.2 Å². The van der Waals surface area contributed by atoms with E-state index < -0.39 is 0 Å². The molecule has 0 radical (unpaired) electrons. The van der Waals surface area contributed by atoms with E-state index in [0.717, 1.165) is 45.7 Å². The first-order valence-corrected chi connectivity index (χ1v) is 12.1. The number of nitrogens with zero attached hydrogens (tertiary/aromatic N) is 3. The first kappa shape index (κ1) is 25.1. The fourth-order valence-corrected chi connectivity index (χ4v) is 4.08. The van der Waals surface area contributed by atoms with Gasteiger partial charge in [0.1, 0.15) is 5.75 Å². The van der Waals surface area contributed by atoms with Crippen LogP contribution < -0.4 is 20.7 Å². The van der Waals surface area contributed by atoms with Crippen molar-refractivity contribution in [3.05, 3.63) is 76.7 Å². The van der Waals surface area contributed by atoms with Crippen molar-refractivity contribution in [3.8, 4) is 5.75 Å². The third-order valence-electron chi connectivity index (χ3n) is 5.83. The van der Waals surface area contributed by atoms with Crippen molar-refractivity contribution in [2.45, 2.75) is 34.1 Å². The lowest BCUT2D eigenvalue weighted by Crippen LogP contribution is -2.39. The number of rotatable bonds is 6. The second-order valence-electron chi connectivity index (χ2n) is 8.68. The van der Waals surface area contributed by atoms with Crippen LogP contribution in [-0.2, 0) is 6.42 Å². The van der Waals surface area contributed by atoms with Crippen LogP contribution in [0.4, 0.5) is 11.6 Å². The van der Waals surface area contributed by atoms with Crippen molar-refractivity contribution in [3.63, 3.8) is 0 Å². The maximum absolute atomic E-state index is 5.57. The van der Waals surface area contributed by atoms with Crippen molar-refractivity contribution in [1.29, 1.82) is 0 Å². The maximum Gasteiger partial charge on any atom is 0.229 e. The van der Waals surface area contributed by atoms with Crippen LogP contribution in [0.1, 0.15) is 28.1 Å². The van der Waals surface area contributed by atoms with Gasteiger partial charge in [0.15, 0.2) is 5.11 Å². The Bertz CT molecular complexity index is 1410. The van der Waals surface area contributed by atoms with E-state index in [2.05, 4.69) is 56.9 Å². The lowest BCUT2D eigenvalue weighted by molar-refractivity contribution is 0.415. The number of aromatic amines is 1. The number of ether oxygens (including phenoxy) is 1. The summed E-state index contributed by atoms with van der Waals surface area (Å²) in [5, 5.41) is 11.1. The Morgan fingerprint density at radius 1 is 0.972 bits per heavy atom. The molecule has 0 aliphatic carbocycles. The Labute approximate surface area is 216 Å². The van der Waals surface area contributed by atoms with Gasteiger partial charge in [-0.3, -0.25) is 10.3 Å². The number of thiocarbonyl (C=S) groups is 1. The summed E-state index contributed by atoms with van der Waals surface area (Å²) < 4.78 is 5.38. The molecule has 0 saturated heterocycles. The fourth-order valence-electron chi connectivity index (χ4n) is 3.87. The van der Waals surface area contributed by atoms with E-state index in [9.17, 15) is 0 Å². The lowest BCUT2D eigenvalue weighted by atomic mass is 10.1. The normalized spacial score (nSPS) is 11.4. The highest BCUT2D eigenvalue weighted by atomic mass is 32.1. The van der Waals surface area contributed by atoms with E-state index in [1.807, 2.05) is 50.4 Å². The minimum Gasteiger partial charge on any atom is -0.497 e. The summed E-state index contributed by atoms with van der Waals surface area (Å²) in [4.78, 5) is 17.0. The third-order valence-corrected chi connectivity index (χ3v) is 6.04. The minimum absolute atomic E-state index is 0.422. The molecule has 0 atom stereocenters. The van der Waals surface area contributed by atoms with Gasteiger partial charge in [-0.2, -0.15) is 0 Å². The van der Waals surface area contributed by atoms with Crippen LogP contribution in [0.15, 0.2) is 53.7 Å². The van der Waals surface area contributed by atoms with Gasteiger partial charge in [0.25, 0.3) is 0 Å². The average Bonchev–Trinajstić information content (AvgIpc) is 3.22. The molecule has 36 heavy (non-hydrogen) atoms.